The van der Waals surface area contributed by atoms with Crippen LogP contribution in [0.1, 0.15) is 16.7 Å². The lowest BCUT2D eigenvalue weighted by molar-refractivity contribution is 0.767. The maximum absolute atomic E-state index is 9.70. The van der Waals surface area contributed by atoms with Gasteiger partial charge < -0.3 is 4.90 Å². The number of hydrogen-bond donors (Lipinski definition) is 0. The third-order valence-electron chi connectivity index (χ3n) is 4.51. The highest BCUT2D eigenvalue weighted by atomic mass is 32.2. The second-order valence-corrected chi connectivity index (χ2v) is 6.56. The van der Waals surface area contributed by atoms with Crippen LogP contribution in [0.3, 0.4) is 0 Å². The van der Waals surface area contributed by atoms with Gasteiger partial charge in [-0.3, -0.25) is 4.40 Å². The molecule has 0 unspecified atom stereocenters. The summed E-state index contributed by atoms with van der Waals surface area (Å²) in [7, 11) is 0. The molecule has 1 aliphatic rings. The largest absolute Gasteiger partial charge is 0.355 e. The Balaban J connectivity index is 1.78. The Morgan fingerprint density at radius 3 is 2.50 bits per heavy atom. The predicted molar refractivity (Wildman–Crippen MR) is 95.5 cm³/mol. The van der Waals surface area contributed by atoms with Crippen LogP contribution in [0.25, 0.3) is 5.65 Å². The number of thioether (sulfide) groups is 1. The van der Waals surface area contributed by atoms with Crippen molar-refractivity contribution in [2.24, 2.45) is 0 Å². The van der Waals surface area contributed by atoms with Crippen LogP contribution < -0.4 is 4.90 Å². The molecule has 2 aromatic heterocycles. The maximum Gasteiger partial charge on any atom is 0.175 e. The number of nitrogens with zero attached hydrogens (tertiary/aromatic N) is 5. The first-order valence-electron chi connectivity index (χ1n) is 7.94. The van der Waals surface area contributed by atoms with E-state index < -0.39 is 0 Å². The predicted octanol–water partition coefficient (Wildman–Crippen LogP) is 2.93. The van der Waals surface area contributed by atoms with E-state index in [0.29, 0.717) is 11.2 Å². The molecule has 4 rings (SSSR count). The highest BCUT2D eigenvalue weighted by molar-refractivity contribution is 7.98. The van der Waals surface area contributed by atoms with Crippen molar-refractivity contribution in [3.05, 3.63) is 53.3 Å². The van der Waals surface area contributed by atoms with Crippen LogP contribution in [0, 0.1) is 11.3 Å². The van der Waals surface area contributed by atoms with Crippen LogP contribution in [0.2, 0.25) is 0 Å². The Kier molecular flexibility index (Phi) is 3.87. The minimum atomic E-state index is 0.559. The zero-order valence-corrected chi connectivity index (χ0v) is 14.3. The summed E-state index contributed by atoms with van der Waals surface area (Å²) in [6.07, 6.45) is 7.51. The van der Waals surface area contributed by atoms with Crippen LogP contribution in [-0.4, -0.2) is 33.7 Å². The second kappa shape index (κ2) is 6.17. The van der Waals surface area contributed by atoms with Gasteiger partial charge in [0, 0.05) is 25.5 Å². The van der Waals surface area contributed by atoms with E-state index in [-0.39, 0.29) is 0 Å². The molecule has 1 aromatic carbocycles. The average molecular weight is 335 g/mol. The zero-order valence-electron chi connectivity index (χ0n) is 13.4. The number of benzene rings is 1. The van der Waals surface area contributed by atoms with Gasteiger partial charge in [-0.25, -0.2) is 9.97 Å². The van der Waals surface area contributed by atoms with E-state index in [0.717, 1.165) is 36.9 Å². The second-order valence-electron chi connectivity index (χ2n) is 5.79. The third-order valence-corrected chi connectivity index (χ3v) is 5.16. The molecule has 5 nitrogen and oxygen atoms in total. The Hall–Kier alpha value is -2.52. The minimum absolute atomic E-state index is 0.559. The van der Waals surface area contributed by atoms with Gasteiger partial charge in [-0.1, -0.05) is 36.0 Å². The van der Waals surface area contributed by atoms with E-state index in [4.69, 9.17) is 4.98 Å². The molecule has 0 saturated heterocycles. The van der Waals surface area contributed by atoms with Crippen molar-refractivity contribution < 1.29 is 0 Å². The van der Waals surface area contributed by atoms with Gasteiger partial charge in [0.05, 0.1) is 0 Å². The van der Waals surface area contributed by atoms with Gasteiger partial charge in [0.1, 0.15) is 11.6 Å². The van der Waals surface area contributed by atoms with Crippen LogP contribution in [0.5, 0.6) is 0 Å². The number of anilines is 1. The summed E-state index contributed by atoms with van der Waals surface area (Å²) in [6.45, 7) is 1.73. The monoisotopic (exact) mass is 335 g/mol. The standard InChI is InChI=1S/C18H17N5S/c1-24-18-21-17(15(12-19)16-20-8-11-23(16)18)22-9-6-13-4-2-3-5-14(13)7-10-22/h2-5,8,11H,6-7,9-10H2,1H3. The van der Waals surface area contributed by atoms with Crippen LogP contribution in [0.15, 0.2) is 41.8 Å². The maximum atomic E-state index is 9.70. The summed E-state index contributed by atoms with van der Waals surface area (Å²) in [5.74, 6) is 0.758. The van der Waals surface area contributed by atoms with Crippen molar-refractivity contribution in [3.63, 3.8) is 0 Å². The Labute approximate surface area is 145 Å². The molecule has 24 heavy (non-hydrogen) atoms. The summed E-state index contributed by atoms with van der Waals surface area (Å²) >= 11 is 1.57. The molecule has 0 spiro atoms. The van der Waals surface area contributed by atoms with E-state index in [1.165, 1.54) is 11.1 Å². The molecule has 0 aliphatic carbocycles. The van der Waals surface area contributed by atoms with Gasteiger partial charge in [-0.2, -0.15) is 5.26 Å². The van der Waals surface area contributed by atoms with Crippen molar-refractivity contribution in [3.8, 4) is 6.07 Å². The molecule has 0 radical (unpaired) electrons. The highest BCUT2D eigenvalue weighted by Gasteiger charge is 2.22. The fourth-order valence-electron chi connectivity index (χ4n) is 3.30. The van der Waals surface area contributed by atoms with Crippen molar-refractivity contribution in [1.29, 1.82) is 5.26 Å². The first kappa shape index (κ1) is 15.0. The number of rotatable bonds is 2. The van der Waals surface area contributed by atoms with E-state index in [1.807, 2.05) is 16.9 Å². The third kappa shape index (κ3) is 2.42. The number of hydrogen-bond acceptors (Lipinski definition) is 5. The minimum Gasteiger partial charge on any atom is -0.355 e. The van der Waals surface area contributed by atoms with Gasteiger partial charge in [0.15, 0.2) is 16.6 Å². The molecular weight excluding hydrogens is 318 g/mol. The van der Waals surface area contributed by atoms with Gasteiger partial charge in [0.25, 0.3) is 0 Å². The molecule has 0 atom stereocenters. The number of imidazole rings is 1. The van der Waals surface area contributed by atoms with E-state index >= 15 is 0 Å². The van der Waals surface area contributed by atoms with Crippen LogP contribution >= 0.6 is 11.8 Å². The zero-order chi connectivity index (χ0) is 16.5. The molecule has 120 valence electrons. The lowest BCUT2D eigenvalue weighted by Crippen LogP contribution is -2.28. The summed E-state index contributed by atoms with van der Waals surface area (Å²) in [5, 5.41) is 10.6. The fourth-order valence-corrected chi connectivity index (χ4v) is 3.82. The summed E-state index contributed by atoms with van der Waals surface area (Å²) in [4.78, 5) is 11.4. The van der Waals surface area contributed by atoms with Crippen LogP contribution in [-0.2, 0) is 12.8 Å². The topological polar surface area (TPSA) is 57.2 Å². The Bertz CT molecular complexity index is 913. The average Bonchev–Trinajstić information content (AvgIpc) is 3.01. The normalized spacial score (nSPS) is 14.2. The van der Waals surface area contributed by atoms with Crippen molar-refractivity contribution in [2.45, 2.75) is 18.0 Å². The molecule has 0 bridgehead atoms. The quantitative estimate of drug-likeness (QED) is 0.532. The lowest BCUT2D eigenvalue weighted by atomic mass is 10.0. The van der Waals surface area contributed by atoms with Gasteiger partial charge in [-0.05, 0) is 30.2 Å². The Morgan fingerprint density at radius 2 is 1.88 bits per heavy atom. The summed E-state index contributed by atoms with van der Waals surface area (Å²) in [6, 6.07) is 10.9. The molecular formula is C18H17N5S. The van der Waals surface area contributed by atoms with Crippen molar-refractivity contribution in [1.82, 2.24) is 14.4 Å². The molecule has 3 aromatic rings. The smallest absolute Gasteiger partial charge is 0.175 e. The first-order valence-corrected chi connectivity index (χ1v) is 9.17. The molecule has 0 saturated carbocycles. The number of nitriles is 1. The molecule has 0 amide bonds. The SMILES string of the molecule is CSc1nc(N2CCc3ccccc3CC2)c(C#N)c2nccn12. The molecule has 0 fully saturated rings. The first-order chi connectivity index (χ1) is 11.8. The van der Waals surface area contributed by atoms with E-state index in [1.54, 1.807) is 18.0 Å². The molecule has 6 heteroatoms. The van der Waals surface area contributed by atoms with Gasteiger partial charge in [-0.15, -0.1) is 0 Å². The molecule has 3 heterocycles. The Morgan fingerprint density at radius 1 is 1.17 bits per heavy atom. The van der Waals surface area contributed by atoms with Crippen molar-refractivity contribution in [2.75, 3.05) is 24.2 Å². The molecule has 0 N–H and O–H groups in total. The lowest BCUT2D eigenvalue weighted by Gasteiger charge is -2.23. The number of aromatic nitrogens is 3. The molecule has 1 aliphatic heterocycles. The summed E-state index contributed by atoms with van der Waals surface area (Å²) in [5.41, 5.74) is 4.04. The summed E-state index contributed by atoms with van der Waals surface area (Å²) < 4.78 is 1.89. The highest BCUT2D eigenvalue weighted by Crippen LogP contribution is 2.28. The fraction of sp³-hybridized carbons (Fsp3) is 0.278. The van der Waals surface area contributed by atoms with Gasteiger partial charge in [0.2, 0.25) is 0 Å². The number of fused-ring (bicyclic) bond motifs is 2. The van der Waals surface area contributed by atoms with Crippen molar-refractivity contribution >= 4 is 23.2 Å². The van der Waals surface area contributed by atoms with Gasteiger partial charge >= 0.3 is 0 Å². The van der Waals surface area contributed by atoms with E-state index in [2.05, 4.69) is 40.2 Å². The van der Waals surface area contributed by atoms with E-state index in [9.17, 15) is 5.26 Å². The van der Waals surface area contributed by atoms with Crippen LogP contribution in [0.4, 0.5) is 5.82 Å².